The van der Waals surface area contributed by atoms with Gasteiger partial charge in [-0.15, -0.1) is 0 Å². The van der Waals surface area contributed by atoms with E-state index in [1.54, 1.807) is 32.9 Å². The highest BCUT2D eigenvalue weighted by Crippen LogP contribution is 2.26. The molecule has 0 fully saturated rings. The lowest BCUT2D eigenvalue weighted by Crippen LogP contribution is -2.55. The average molecular weight is 450 g/mol. The van der Waals surface area contributed by atoms with Crippen LogP contribution in [0.15, 0.2) is 24.3 Å². The maximum absolute atomic E-state index is 13.7. The third kappa shape index (κ3) is 8.40. The van der Waals surface area contributed by atoms with Crippen molar-refractivity contribution in [2.45, 2.75) is 85.5 Å². The molecule has 0 aliphatic carbocycles. The number of phenols is 1. The predicted molar refractivity (Wildman–Crippen MR) is 124 cm³/mol. The van der Waals surface area contributed by atoms with Gasteiger partial charge in [0.05, 0.1) is 0 Å². The van der Waals surface area contributed by atoms with Crippen LogP contribution < -0.4 is 10.6 Å². The molecule has 2 atom stereocenters. The molecule has 0 bridgehead atoms. The van der Waals surface area contributed by atoms with E-state index >= 15 is 0 Å². The highest BCUT2D eigenvalue weighted by molar-refractivity contribution is 5.92. The molecule has 0 heterocycles. The van der Waals surface area contributed by atoms with Crippen molar-refractivity contribution in [2.75, 3.05) is 6.54 Å². The zero-order valence-electron chi connectivity index (χ0n) is 20.6. The number of phenolic OH excluding ortho intramolecular Hbond substituents is 1. The molecule has 8 nitrogen and oxygen atoms in total. The minimum atomic E-state index is -0.910. The van der Waals surface area contributed by atoms with Gasteiger partial charge in [-0.3, -0.25) is 9.59 Å². The maximum atomic E-state index is 13.7. The summed E-state index contributed by atoms with van der Waals surface area (Å²) in [6.45, 7) is 14.8. The van der Waals surface area contributed by atoms with Crippen molar-refractivity contribution in [1.82, 2.24) is 15.5 Å². The first kappa shape index (κ1) is 27.3. The summed E-state index contributed by atoms with van der Waals surface area (Å²) in [6, 6.07) is 4.32. The molecule has 0 spiro atoms. The summed E-state index contributed by atoms with van der Waals surface area (Å²) in [4.78, 5) is 40.8. The summed E-state index contributed by atoms with van der Waals surface area (Å²) in [6.07, 6.45) is -0.0687. The lowest BCUT2D eigenvalue weighted by atomic mass is 9.98. The van der Waals surface area contributed by atoms with Crippen LogP contribution in [0.3, 0.4) is 0 Å². The molecule has 0 saturated heterocycles. The fourth-order valence-electron chi connectivity index (χ4n) is 3.23. The molecule has 0 radical (unpaired) electrons. The third-order valence-corrected chi connectivity index (χ3v) is 4.55. The van der Waals surface area contributed by atoms with Crippen molar-refractivity contribution in [3.05, 3.63) is 29.8 Å². The Hall–Kier alpha value is -2.77. The second kappa shape index (κ2) is 11.7. The van der Waals surface area contributed by atoms with Gasteiger partial charge in [0.2, 0.25) is 11.8 Å². The fourth-order valence-corrected chi connectivity index (χ4v) is 3.23. The summed E-state index contributed by atoms with van der Waals surface area (Å²) < 4.78 is 5.34. The number of amides is 3. The number of hydrogen-bond acceptors (Lipinski definition) is 5. The van der Waals surface area contributed by atoms with Gasteiger partial charge in [-0.1, -0.05) is 32.9 Å². The zero-order chi connectivity index (χ0) is 24.6. The summed E-state index contributed by atoms with van der Waals surface area (Å²) in [5.41, 5.74) is -0.133. The molecule has 1 aromatic rings. The van der Waals surface area contributed by atoms with E-state index in [2.05, 4.69) is 10.6 Å². The van der Waals surface area contributed by atoms with Gasteiger partial charge >= 0.3 is 6.09 Å². The van der Waals surface area contributed by atoms with Gasteiger partial charge in [-0.2, -0.15) is 0 Å². The molecule has 3 amide bonds. The van der Waals surface area contributed by atoms with E-state index in [0.717, 1.165) is 0 Å². The summed E-state index contributed by atoms with van der Waals surface area (Å²) in [7, 11) is 0. The average Bonchev–Trinajstić information content (AvgIpc) is 2.64. The van der Waals surface area contributed by atoms with Gasteiger partial charge in [0.15, 0.2) is 0 Å². The van der Waals surface area contributed by atoms with Crippen LogP contribution in [0.25, 0.3) is 0 Å². The number of carbonyl (C=O) groups is 3. The number of nitrogens with zero attached hydrogens (tertiary/aromatic N) is 1. The van der Waals surface area contributed by atoms with Gasteiger partial charge in [0.1, 0.15) is 23.4 Å². The van der Waals surface area contributed by atoms with Gasteiger partial charge < -0.3 is 25.4 Å². The number of hydrogen-bond donors (Lipinski definition) is 3. The molecule has 0 aromatic heterocycles. The van der Waals surface area contributed by atoms with E-state index in [4.69, 9.17) is 4.74 Å². The van der Waals surface area contributed by atoms with Crippen LogP contribution >= 0.6 is 0 Å². The SMILES string of the molecule is CCCN(C(=O)C(NC(=O)OC(C)(C)C)C(C)C)C(C(=O)NC(C)C)c1ccc(O)cc1. The number of carbonyl (C=O) groups excluding carboxylic acids is 3. The first-order chi connectivity index (χ1) is 14.8. The Bertz CT molecular complexity index is 769. The molecular weight excluding hydrogens is 410 g/mol. The molecule has 8 heteroatoms. The largest absolute Gasteiger partial charge is 0.508 e. The highest BCUT2D eigenvalue weighted by atomic mass is 16.6. The third-order valence-electron chi connectivity index (χ3n) is 4.55. The summed E-state index contributed by atoms with van der Waals surface area (Å²) in [5.74, 6) is -0.864. The van der Waals surface area contributed by atoms with Crippen molar-refractivity contribution in [2.24, 2.45) is 5.92 Å². The van der Waals surface area contributed by atoms with E-state index in [1.165, 1.54) is 17.0 Å². The van der Waals surface area contributed by atoms with Crippen LogP contribution in [-0.2, 0) is 14.3 Å². The van der Waals surface area contributed by atoms with Gasteiger partial charge in [0.25, 0.3) is 0 Å². The lowest BCUT2D eigenvalue weighted by Gasteiger charge is -2.35. The van der Waals surface area contributed by atoms with E-state index in [1.807, 2.05) is 34.6 Å². The second-order valence-electron chi connectivity index (χ2n) is 9.56. The summed E-state index contributed by atoms with van der Waals surface area (Å²) in [5, 5.41) is 15.2. The predicted octanol–water partition coefficient (Wildman–Crippen LogP) is 3.75. The van der Waals surface area contributed by atoms with E-state index in [9.17, 15) is 19.5 Å². The molecule has 32 heavy (non-hydrogen) atoms. The van der Waals surface area contributed by atoms with Crippen LogP contribution in [-0.4, -0.2) is 52.1 Å². The van der Waals surface area contributed by atoms with Crippen LogP contribution in [0.4, 0.5) is 4.79 Å². The van der Waals surface area contributed by atoms with Crippen LogP contribution in [0.5, 0.6) is 5.75 Å². The Morgan fingerprint density at radius 1 is 1.03 bits per heavy atom. The monoisotopic (exact) mass is 449 g/mol. The Morgan fingerprint density at radius 2 is 1.59 bits per heavy atom. The molecule has 180 valence electrons. The Balaban J connectivity index is 3.36. The highest BCUT2D eigenvalue weighted by Gasteiger charge is 2.37. The van der Waals surface area contributed by atoms with Crippen LogP contribution in [0.1, 0.15) is 73.4 Å². The number of alkyl carbamates (subject to hydrolysis) is 1. The topological polar surface area (TPSA) is 108 Å². The van der Waals surface area contributed by atoms with Crippen molar-refractivity contribution in [3.63, 3.8) is 0 Å². The number of benzene rings is 1. The molecule has 0 aliphatic heterocycles. The van der Waals surface area contributed by atoms with Crippen molar-refractivity contribution >= 4 is 17.9 Å². The van der Waals surface area contributed by atoms with Crippen LogP contribution in [0.2, 0.25) is 0 Å². The molecule has 3 N–H and O–H groups in total. The van der Waals surface area contributed by atoms with E-state index < -0.39 is 23.8 Å². The first-order valence-electron chi connectivity index (χ1n) is 11.2. The molecule has 0 aliphatic rings. The normalized spacial score (nSPS) is 13.4. The zero-order valence-corrected chi connectivity index (χ0v) is 20.6. The number of rotatable bonds is 9. The second-order valence-corrected chi connectivity index (χ2v) is 9.56. The number of ether oxygens (including phenoxy) is 1. The minimum Gasteiger partial charge on any atom is -0.508 e. The Kier molecular flexibility index (Phi) is 10.0. The first-order valence-corrected chi connectivity index (χ1v) is 11.2. The lowest BCUT2D eigenvalue weighted by molar-refractivity contribution is -0.143. The van der Waals surface area contributed by atoms with E-state index in [-0.39, 0.29) is 29.5 Å². The smallest absolute Gasteiger partial charge is 0.408 e. The van der Waals surface area contributed by atoms with Gasteiger partial charge in [-0.25, -0.2) is 4.79 Å². The Morgan fingerprint density at radius 3 is 2.03 bits per heavy atom. The van der Waals surface area contributed by atoms with Gasteiger partial charge in [-0.05, 0) is 64.7 Å². The van der Waals surface area contributed by atoms with Crippen molar-refractivity contribution < 1.29 is 24.2 Å². The molecule has 1 rings (SSSR count). The maximum Gasteiger partial charge on any atom is 0.408 e. The number of aromatic hydroxyl groups is 1. The Labute approximate surface area is 191 Å². The number of nitrogens with one attached hydrogen (secondary N) is 2. The fraction of sp³-hybridized carbons (Fsp3) is 0.625. The standard InChI is InChI=1S/C24H39N3O5/c1-9-14-27(22(30)19(15(2)3)26-23(31)32-24(6,7)8)20(21(29)25-16(4)5)17-10-12-18(28)13-11-17/h10-13,15-16,19-20,28H,9,14H2,1-8H3,(H,25,29)(H,26,31). The van der Waals surface area contributed by atoms with E-state index in [0.29, 0.717) is 18.5 Å². The molecule has 2 unspecified atom stereocenters. The van der Waals surface area contributed by atoms with Gasteiger partial charge in [0, 0.05) is 12.6 Å². The summed E-state index contributed by atoms with van der Waals surface area (Å²) >= 11 is 0. The van der Waals surface area contributed by atoms with Crippen LogP contribution in [0, 0.1) is 5.92 Å². The molecule has 0 saturated carbocycles. The molecular formula is C24H39N3O5. The minimum absolute atomic E-state index is 0.0665. The molecule has 1 aromatic carbocycles. The quantitative estimate of drug-likeness (QED) is 0.532. The van der Waals surface area contributed by atoms with Crippen molar-refractivity contribution in [1.29, 1.82) is 0 Å². The van der Waals surface area contributed by atoms with Crippen molar-refractivity contribution in [3.8, 4) is 5.75 Å².